The van der Waals surface area contributed by atoms with Crippen LogP contribution in [0.15, 0.2) is 130 Å². The number of hydrogen-bond donors (Lipinski definition) is 2. The zero-order chi connectivity index (χ0) is 34.5. The van der Waals surface area contributed by atoms with E-state index >= 15 is 0 Å². The Morgan fingerprint density at radius 1 is 0.640 bits per heavy atom. The molecular weight excluding hydrogens is 656 g/mol. The van der Waals surface area contributed by atoms with Crippen molar-refractivity contribution in [2.24, 2.45) is 5.73 Å². The van der Waals surface area contributed by atoms with Crippen molar-refractivity contribution < 1.29 is 28.1 Å². The maximum Gasteiger partial charge on any atom is 0.407 e. The highest BCUT2D eigenvalue weighted by Crippen LogP contribution is 2.28. The summed E-state index contributed by atoms with van der Waals surface area (Å²) >= 11 is 0. The summed E-state index contributed by atoms with van der Waals surface area (Å²) in [6.07, 6.45) is -0.476. The largest absolute Gasteiger partial charge is 0.474 e. The lowest BCUT2D eigenvalue weighted by Gasteiger charge is -2.19. The topological polar surface area (TPSA) is 135 Å². The van der Waals surface area contributed by atoms with E-state index < -0.39 is 11.7 Å². The van der Waals surface area contributed by atoms with Crippen molar-refractivity contribution in [3.05, 3.63) is 121 Å². The van der Waals surface area contributed by atoms with Gasteiger partial charge >= 0.3 is 6.09 Å². The van der Waals surface area contributed by atoms with Crippen molar-refractivity contribution in [3.8, 4) is 56.7 Å². The number of rotatable bonds is 11. The smallest absolute Gasteiger partial charge is 0.407 e. The van der Waals surface area contributed by atoms with Gasteiger partial charge in [-0.2, -0.15) is 0 Å². The summed E-state index contributed by atoms with van der Waals surface area (Å²) in [6, 6.07) is 40.1. The molecule has 2 aromatic heterocycles. The summed E-state index contributed by atoms with van der Waals surface area (Å²) in [6.45, 7) is 6.89. The predicted octanol–water partition coefficient (Wildman–Crippen LogP) is 8.68. The number of hydrogen-bond acceptors (Lipinski definition) is 9. The number of nitrogens with one attached hydrogen (secondary N) is 1. The quantitative estimate of drug-likeness (QED) is 0.128. The van der Waals surface area contributed by atoms with E-state index in [0.717, 1.165) is 22.3 Å². The number of ether oxygens (including phenoxy) is 3. The number of amides is 1. The van der Waals surface area contributed by atoms with Crippen LogP contribution in [0.1, 0.15) is 20.8 Å². The number of halogens is 1. The van der Waals surface area contributed by atoms with Gasteiger partial charge < -0.3 is 34.3 Å². The molecule has 6 rings (SSSR count). The van der Waals surface area contributed by atoms with Crippen molar-refractivity contribution in [1.29, 1.82) is 0 Å². The Balaban J connectivity index is 0.000000229. The van der Waals surface area contributed by atoms with Crippen molar-refractivity contribution >= 4 is 18.5 Å². The summed E-state index contributed by atoms with van der Waals surface area (Å²) in [5.74, 6) is 2.13. The zero-order valence-corrected chi connectivity index (χ0v) is 29.0. The first-order chi connectivity index (χ1) is 23.8. The minimum absolute atomic E-state index is 0. The van der Waals surface area contributed by atoms with E-state index in [4.69, 9.17) is 29.0 Å². The fourth-order valence-electron chi connectivity index (χ4n) is 4.63. The molecule has 0 saturated heterocycles. The molecule has 0 saturated carbocycles. The number of alkyl carbamates (subject to hydrolysis) is 1. The zero-order valence-electron chi connectivity index (χ0n) is 28.2. The third-order valence-electron chi connectivity index (χ3n) is 6.92. The third kappa shape index (κ3) is 11.3. The van der Waals surface area contributed by atoms with Crippen LogP contribution in [0.4, 0.5) is 4.79 Å². The van der Waals surface area contributed by atoms with Crippen LogP contribution in [0.5, 0.6) is 11.8 Å². The van der Waals surface area contributed by atoms with E-state index in [2.05, 4.69) is 52.0 Å². The molecule has 0 radical (unpaired) electrons. The highest BCUT2D eigenvalue weighted by Gasteiger charge is 2.16. The van der Waals surface area contributed by atoms with Crippen molar-refractivity contribution in [1.82, 2.24) is 15.6 Å². The van der Waals surface area contributed by atoms with Gasteiger partial charge in [-0.3, -0.25) is 0 Å². The van der Waals surface area contributed by atoms with Gasteiger partial charge in [0, 0.05) is 29.8 Å². The average molecular weight is 697 g/mol. The van der Waals surface area contributed by atoms with Crippen LogP contribution in [-0.2, 0) is 4.74 Å². The lowest BCUT2D eigenvalue weighted by molar-refractivity contribution is 0.0519. The standard InChI is InChI=1S/C22H24N2O4.C17H16N2O2.ClH/c1-22(2,3)27-21(25)23-13-14-26-20-15-19(28-24-20)18-11-9-17(10-12-18)16-7-5-4-6-8-16;18-10-11-20-17-12-16(21-19-17)15-8-6-14(7-9-15)13-4-2-1-3-5-13;/h4-12,15H,13-14H2,1-3H3,(H,23,25);1-9,12H,10-11,18H2;1H. The van der Waals surface area contributed by atoms with Crippen LogP contribution in [-0.4, -0.2) is 48.3 Å². The van der Waals surface area contributed by atoms with E-state index in [9.17, 15) is 4.79 Å². The van der Waals surface area contributed by atoms with E-state index in [1.54, 1.807) is 12.1 Å². The molecule has 0 spiro atoms. The van der Waals surface area contributed by atoms with Crippen LogP contribution in [0.25, 0.3) is 44.9 Å². The summed E-state index contributed by atoms with van der Waals surface area (Å²) in [5, 5.41) is 10.4. The first kappa shape index (κ1) is 37.2. The molecule has 2 heterocycles. The van der Waals surface area contributed by atoms with Gasteiger partial charge in [0.05, 0.1) is 6.54 Å². The Hall–Kier alpha value is -5.58. The molecule has 0 fully saturated rings. The molecule has 0 bridgehead atoms. The maximum atomic E-state index is 11.6. The number of carbonyl (C=O) groups excluding carboxylic acids is 1. The highest BCUT2D eigenvalue weighted by atomic mass is 35.5. The van der Waals surface area contributed by atoms with Crippen LogP contribution in [0, 0.1) is 0 Å². The normalized spacial score (nSPS) is 10.6. The molecule has 11 heteroatoms. The third-order valence-corrected chi connectivity index (χ3v) is 6.92. The average Bonchev–Trinajstić information content (AvgIpc) is 3.80. The molecule has 50 heavy (non-hydrogen) atoms. The van der Waals surface area contributed by atoms with Crippen LogP contribution in [0.2, 0.25) is 0 Å². The van der Waals surface area contributed by atoms with E-state index in [1.807, 2.05) is 93.6 Å². The lowest BCUT2D eigenvalue weighted by atomic mass is 10.0. The van der Waals surface area contributed by atoms with Gasteiger partial charge in [0.15, 0.2) is 11.5 Å². The molecule has 0 unspecified atom stereocenters. The number of aromatic nitrogens is 2. The maximum absolute atomic E-state index is 11.6. The summed E-state index contributed by atoms with van der Waals surface area (Å²) < 4.78 is 26.6. The fourth-order valence-corrected chi connectivity index (χ4v) is 4.63. The first-order valence-corrected chi connectivity index (χ1v) is 15.9. The number of benzene rings is 4. The van der Waals surface area contributed by atoms with Gasteiger partial charge in [-0.05, 0) is 53.3 Å². The second kappa shape index (κ2) is 18.3. The fraction of sp³-hybridized carbons (Fsp3) is 0.205. The van der Waals surface area contributed by atoms with Gasteiger partial charge in [0.25, 0.3) is 11.8 Å². The summed E-state index contributed by atoms with van der Waals surface area (Å²) in [4.78, 5) is 11.6. The molecule has 260 valence electrons. The van der Waals surface area contributed by atoms with Gasteiger partial charge in [-0.15, -0.1) is 12.4 Å². The van der Waals surface area contributed by atoms with E-state index in [0.29, 0.717) is 43.0 Å². The molecule has 6 aromatic rings. The molecule has 3 N–H and O–H groups in total. The predicted molar refractivity (Wildman–Crippen MR) is 196 cm³/mol. The second-order valence-corrected chi connectivity index (χ2v) is 11.9. The van der Waals surface area contributed by atoms with E-state index in [1.165, 1.54) is 11.1 Å². The van der Waals surface area contributed by atoms with Crippen molar-refractivity contribution in [2.75, 3.05) is 26.3 Å². The molecular formula is C39H41ClN4O6. The molecule has 1 amide bonds. The minimum Gasteiger partial charge on any atom is -0.474 e. The number of nitrogens with zero attached hydrogens (tertiary/aromatic N) is 2. The lowest BCUT2D eigenvalue weighted by Crippen LogP contribution is -2.34. The Bertz CT molecular complexity index is 1870. The molecule has 10 nitrogen and oxygen atoms in total. The van der Waals surface area contributed by atoms with E-state index in [-0.39, 0.29) is 19.0 Å². The Kier molecular flexibility index (Phi) is 13.6. The van der Waals surface area contributed by atoms with Gasteiger partial charge in [-0.1, -0.05) is 109 Å². The molecule has 0 aliphatic rings. The Labute approximate surface area is 297 Å². The van der Waals surface area contributed by atoms with Gasteiger partial charge in [0.1, 0.15) is 18.8 Å². The SMILES string of the molecule is CC(C)(C)OC(=O)NCCOc1cc(-c2ccc(-c3ccccc3)cc2)on1.Cl.NCCOc1cc(-c2ccc(-c3ccccc3)cc2)on1. The summed E-state index contributed by atoms with van der Waals surface area (Å²) in [5.41, 5.74) is 11.4. The molecule has 0 atom stereocenters. The van der Waals surface area contributed by atoms with Gasteiger partial charge in [-0.25, -0.2) is 4.79 Å². The molecule has 4 aromatic carbocycles. The van der Waals surface area contributed by atoms with Gasteiger partial charge in [0.2, 0.25) is 0 Å². The van der Waals surface area contributed by atoms with Crippen molar-refractivity contribution in [2.45, 2.75) is 26.4 Å². The number of carbonyl (C=O) groups is 1. The monoisotopic (exact) mass is 696 g/mol. The molecule has 0 aliphatic heterocycles. The second-order valence-electron chi connectivity index (χ2n) is 11.9. The van der Waals surface area contributed by atoms with Crippen LogP contribution >= 0.6 is 12.4 Å². The Morgan fingerprint density at radius 3 is 1.46 bits per heavy atom. The molecule has 0 aliphatic carbocycles. The summed E-state index contributed by atoms with van der Waals surface area (Å²) in [7, 11) is 0. The van der Waals surface area contributed by atoms with Crippen molar-refractivity contribution in [3.63, 3.8) is 0 Å². The number of nitrogens with two attached hydrogens (primary N) is 1. The Morgan fingerprint density at radius 2 is 1.04 bits per heavy atom. The minimum atomic E-state index is -0.526. The highest BCUT2D eigenvalue weighted by molar-refractivity contribution is 5.85. The van der Waals surface area contributed by atoms with Crippen LogP contribution in [0.3, 0.4) is 0 Å². The van der Waals surface area contributed by atoms with Crippen LogP contribution < -0.4 is 20.5 Å². The first-order valence-electron chi connectivity index (χ1n) is 15.9.